The Morgan fingerprint density at radius 2 is 1.62 bits per heavy atom. The van der Waals surface area contributed by atoms with E-state index in [1.165, 1.54) is 22.5 Å². The Morgan fingerprint density at radius 1 is 0.969 bits per heavy atom. The molecule has 2 aromatic carbocycles. The van der Waals surface area contributed by atoms with Crippen molar-refractivity contribution >= 4 is 5.97 Å². The molecule has 1 heterocycles. The van der Waals surface area contributed by atoms with E-state index in [-0.39, 0.29) is 0 Å². The van der Waals surface area contributed by atoms with Crippen LogP contribution in [0.25, 0.3) is 11.3 Å². The Hall–Kier alpha value is -3.05. The largest absolute Gasteiger partial charge is 0.492 e. The third-order valence-electron chi connectivity index (χ3n) is 5.12. The van der Waals surface area contributed by atoms with Crippen LogP contribution >= 0.6 is 0 Å². The van der Waals surface area contributed by atoms with Gasteiger partial charge in [-0.3, -0.25) is 0 Å². The molecule has 0 radical (unpaired) electrons. The van der Waals surface area contributed by atoms with Crippen LogP contribution in [0.1, 0.15) is 37.6 Å². The van der Waals surface area contributed by atoms with Crippen LogP contribution in [0.4, 0.5) is 0 Å². The first-order valence-electron chi connectivity index (χ1n) is 11.3. The van der Waals surface area contributed by atoms with Crippen LogP contribution in [0.5, 0.6) is 5.75 Å². The average Bonchev–Trinajstić information content (AvgIpc) is 3.17. The molecular formula is C27H35NO4. The van der Waals surface area contributed by atoms with E-state index in [0.717, 1.165) is 17.9 Å². The van der Waals surface area contributed by atoms with Gasteiger partial charge in [0.05, 0.1) is 6.54 Å². The molecule has 1 aromatic heterocycles. The highest BCUT2D eigenvalue weighted by molar-refractivity contribution is 5.72. The van der Waals surface area contributed by atoms with Crippen molar-refractivity contribution in [1.29, 1.82) is 0 Å². The Balaban J connectivity index is 0.00000176. The quantitative estimate of drug-likeness (QED) is 0.428. The highest BCUT2D eigenvalue weighted by Gasteiger charge is 2.17. The maximum atomic E-state index is 11.2. The van der Waals surface area contributed by atoms with E-state index in [9.17, 15) is 9.90 Å². The summed E-state index contributed by atoms with van der Waals surface area (Å²) in [4.78, 5) is 11.2. The maximum absolute atomic E-state index is 11.2. The van der Waals surface area contributed by atoms with E-state index < -0.39 is 12.1 Å². The Morgan fingerprint density at radius 3 is 2.22 bits per heavy atom. The molecule has 0 fully saturated rings. The smallest absolute Gasteiger partial charge is 0.333 e. The number of aryl methyl sites for hydroxylation is 2. The lowest BCUT2D eigenvalue weighted by Crippen LogP contribution is -2.26. The van der Waals surface area contributed by atoms with Crippen molar-refractivity contribution in [2.75, 3.05) is 13.2 Å². The molecule has 1 atom stereocenters. The van der Waals surface area contributed by atoms with Crippen molar-refractivity contribution < 1.29 is 19.4 Å². The zero-order chi connectivity index (χ0) is 23.5. The zero-order valence-electron chi connectivity index (χ0n) is 19.8. The molecule has 5 nitrogen and oxygen atoms in total. The van der Waals surface area contributed by atoms with Gasteiger partial charge in [-0.15, -0.1) is 0 Å². The summed E-state index contributed by atoms with van der Waals surface area (Å²) >= 11 is 0. The third-order valence-corrected chi connectivity index (χ3v) is 5.12. The highest BCUT2D eigenvalue weighted by atomic mass is 16.5. The zero-order valence-corrected chi connectivity index (χ0v) is 19.8. The molecule has 0 spiro atoms. The van der Waals surface area contributed by atoms with Crippen molar-refractivity contribution in [3.8, 4) is 17.0 Å². The topological polar surface area (TPSA) is 60.7 Å². The second-order valence-electron chi connectivity index (χ2n) is 7.36. The molecule has 0 aliphatic carbocycles. The number of ether oxygens (including phenoxy) is 2. The van der Waals surface area contributed by atoms with Crippen LogP contribution in [0, 0.1) is 13.8 Å². The van der Waals surface area contributed by atoms with Crippen LogP contribution in [-0.4, -0.2) is 35.0 Å². The molecule has 5 heteroatoms. The van der Waals surface area contributed by atoms with Gasteiger partial charge in [0.2, 0.25) is 0 Å². The third kappa shape index (κ3) is 6.99. The lowest BCUT2D eigenvalue weighted by Gasteiger charge is -2.14. The van der Waals surface area contributed by atoms with Crippen LogP contribution in [0.15, 0.2) is 60.7 Å². The molecule has 3 rings (SSSR count). The molecule has 0 saturated carbocycles. The maximum Gasteiger partial charge on any atom is 0.333 e. The first kappa shape index (κ1) is 25.2. The number of hydrogen-bond acceptors (Lipinski definition) is 3. The Kier molecular flexibility index (Phi) is 10.0. The molecule has 0 aliphatic heterocycles. The minimum absolute atomic E-state index is 0.339. The average molecular weight is 438 g/mol. The lowest BCUT2D eigenvalue weighted by molar-refractivity contribution is -0.149. The second-order valence-corrected chi connectivity index (χ2v) is 7.36. The summed E-state index contributed by atoms with van der Waals surface area (Å²) in [6.45, 7) is 11.7. The van der Waals surface area contributed by atoms with Gasteiger partial charge in [-0.05, 0) is 56.2 Å². The van der Waals surface area contributed by atoms with E-state index in [1.807, 2.05) is 38.1 Å². The van der Waals surface area contributed by atoms with Crippen LogP contribution in [-0.2, 0) is 22.5 Å². The summed E-state index contributed by atoms with van der Waals surface area (Å²) in [6.07, 6.45) is -0.481. The molecule has 0 amide bonds. The van der Waals surface area contributed by atoms with Gasteiger partial charge in [-0.1, -0.05) is 55.8 Å². The van der Waals surface area contributed by atoms with E-state index in [2.05, 4.69) is 54.8 Å². The highest BCUT2D eigenvalue weighted by Crippen LogP contribution is 2.23. The fourth-order valence-corrected chi connectivity index (χ4v) is 3.45. The summed E-state index contributed by atoms with van der Waals surface area (Å²) < 4.78 is 13.5. The van der Waals surface area contributed by atoms with Crippen molar-refractivity contribution in [3.05, 3.63) is 77.5 Å². The number of aromatic nitrogens is 1. The Bertz CT molecular complexity index is 958. The molecule has 3 aromatic rings. The van der Waals surface area contributed by atoms with E-state index >= 15 is 0 Å². The van der Waals surface area contributed by atoms with Gasteiger partial charge in [-0.25, -0.2) is 4.79 Å². The molecule has 0 saturated heterocycles. The van der Waals surface area contributed by atoms with Crippen LogP contribution < -0.4 is 4.74 Å². The molecule has 32 heavy (non-hydrogen) atoms. The number of nitrogens with zero attached hydrogens (tertiary/aromatic N) is 1. The fourth-order valence-electron chi connectivity index (χ4n) is 3.45. The number of carboxylic acid groups (broad SMARTS) is 1. The minimum Gasteiger partial charge on any atom is -0.492 e. The summed E-state index contributed by atoms with van der Waals surface area (Å²) in [6, 6.07) is 20.4. The summed E-state index contributed by atoms with van der Waals surface area (Å²) in [5.74, 6) is -0.174. The van der Waals surface area contributed by atoms with E-state index in [0.29, 0.717) is 19.6 Å². The number of carboxylic acids is 1. The number of aliphatic carboxylic acids is 1. The molecule has 1 N–H and O–H groups in total. The van der Waals surface area contributed by atoms with Gasteiger partial charge in [-0.2, -0.15) is 0 Å². The fraction of sp³-hybridized carbons (Fsp3) is 0.370. The van der Waals surface area contributed by atoms with Crippen molar-refractivity contribution in [2.45, 2.75) is 53.7 Å². The lowest BCUT2D eigenvalue weighted by atomic mass is 10.1. The summed E-state index contributed by atoms with van der Waals surface area (Å²) in [5, 5.41) is 9.22. The number of benzene rings is 2. The first-order valence-corrected chi connectivity index (χ1v) is 11.3. The van der Waals surface area contributed by atoms with E-state index in [1.54, 1.807) is 6.92 Å². The standard InChI is InChI=1S/C25H29NO4.C2H6/c1-4-29-24(25(27)28)17-20-8-12-22(13-9-20)30-16-15-26-19(3)7-14-23(26)21-10-5-18(2)6-11-21;1-2/h5-14,24H,4,15-17H2,1-3H3,(H,27,28);1-2H3. The first-order chi connectivity index (χ1) is 15.5. The summed E-state index contributed by atoms with van der Waals surface area (Å²) in [7, 11) is 0. The van der Waals surface area contributed by atoms with Gasteiger partial charge in [0.1, 0.15) is 12.4 Å². The van der Waals surface area contributed by atoms with Gasteiger partial charge >= 0.3 is 5.97 Å². The van der Waals surface area contributed by atoms with Gasteiger partial charge in [0, 0.05) is 24.4 Å². The normalized spacial score (nSPS) is 11.4. The molecular weight excluding hydrogens is 402 g/mol. The van der Waals surface area contributed by atoms with Crippen LogP contribution in [0.3, 0.4) is 0 Å². The number of hydrogen-bond donors (Lipinski definition) is 1. The molecule has 0 bridgehead atoms. The molecule has 1 unspecified atom stereocenters. The minimum atomic E-state index is -0.941. The number of rotatable bonds is 10. The predicted molar refractivity (Wildman–Crippen MR) is 129 cm³/mol. The van der Waals surface area contributed by atoms with Gasteiger partial charge in [0.15, 0.2) is 6.10 Å². The van der Waals surface area contributed by atoms with E-state index in [4.69, 9.17) is 9.47 Å². The van der Waals surface area contributed by atoms with Gasteiger partial charge < -0.3 is 19.1 Å². The molecule has 0 aliphatic rings. The molecule has 172 valence electrons. The number of carbonyl (C=O) groups is 1. The van der Waals surface area contributed by atoms with Crippen molar-refractivity contribution in [3.63, 3.8) is 0 Å². The van der Waals surface area contributed by atoms with Gasteiger partial charge in [0.25, 0.3) is 0 Å². The predicted octanol–water partition coefficient (Wildman–Crippen LogP) is 5.91. The van der Waals surface area contributed by atoms with Crippen molar-refractivity contribution in [1.82, 2.24) is 4.57 Å². The SMILES string of the molecule is CC.CCOC(Cc1ccc(OCCn2c(C)ccc2-c2ccc(C)cc2)cc1)C(=O)O. The summed E-state index contributed by atoms with van der Waals surface area (Å²) in [5.41, 5.74) is 5.73. The second kappa shape index (κ2) is 12.7. The monoisotopic (exact) mass is 437 g/mol. The van der Waals surface area contributed by atoms with Crippen LogP contribution in [0.2, 0.25) is 0 Å². The van der Waals surface area contributed by atoms with Crippen molar-refractivity contribution in [2.24, 2.45) is 0 Å². The Labute approximate surface area is 191 Å².